The standard InChI is InChI=1S/2H3N.H2O3S/c;;1-4(2)3/h2*1H3;(H2,1,2,3)/i;;1+0. The van der Waals surface area contributed by atoms with Gasteiger partial charge in [-0.3, -0.25) is 9.11 Å². The molecule has 0 radical (unpaired) electrons. The van der Waals surface area contributed by atoms with E-state index in [0.717, 1.165) is 0 Å². The average molecular weight is 116 g/mol. The minimum atomic E-state index is -2.61. The summed E-state index contributed by atoms with van der Waals surface area (Å²) in [4.78, 5) is 0. The van der Waals surface area contributed by atoms with Gasteiger partial charge in [0.2, 0.25) is 0 Å². The smallest absolute Gasteiger partial charge is 0.299 e. The fourth-order valence-electron chi connectivity index (χ4n) is 0. The summed E-state index contributed by atoms with van der Waals surface area (Å²) in [7, 11) is 0. The van der Waals surface area contributed by atoms with Crippen molar-refractivity contribution in [3.8, 4) is 0 Å². The Balaban J connectivity index is -0.0000000450. The van der Waals surface area contributed by atoms with Gasteiger partial charge in [0.05, 0.1) is 0 Å². The molecule has 5 nitrogen and oxygen atoms in total. The van der Waals surface area contributed by atoms with Crippen LogP contribution in [0.5, 0.6) is 0 Å². The van der Waals surface area contributed by atoms with Gasteiger partial charge in [0, 0.05) is 0 Å². The second kappa shape index (κ2) is 8.89. The molecule has 6 heavy (non-hydrogen) atoms. The van der Waals surface area contributed by atoms with E-state index in [2.05, 4.69) is 0 Å². The molecule has 0 heterocycles. The lowest BCUT2D eigenvalue weighted by atomic mass is 14.0. The van der Waals surface area contributed by atoms with Crippen molar-refractivity contribution in [2.24, 2.45) is 0 Å². The molecule has 0 spiro atoms. The third-order valence-electron chi connectivity index (χ3n) is 0. The molecule has 42 valence electrons. The van der Waals surface area contributed by atoms with Crippen molar-refractivity contribution < 1.29 is 13.3 Å². The molecular formula is H8N2O3S. The number of hydrogen-bond donors (Lipinski definition) is 4. The first-order valence-corrected chi connectivity index (χ1v) is 1.60. The van der Waals surface area contributed by atoms with E-state index in [1.54, 1.807) is 0 Å². The van der Waals surface area contributed by atoms with Crippen molar-refractivity contribution in [3.05, 3.63) is 0 Å². The first-order chi connectivity index (χ1) is 1.73. The Bertz CT molecular complexity index is 31.8. The summed E-state index contributed by atoms with van der Waals surface area (Å²) < 4.78 is 22.8. The predicted octanol–water partition coefficient (Wildman–Crippen LogP) is 0.00510. The van der Waals surface area contributed by atoms with Crippen LogP contribution in [-0.2, 0) is 11.4 Å². The SMILES string of the molecule is N.N.OS(O)=[16O]. The van der Waals surface area contributed by atoms with E-state index in [-0.39, 0.29) is 12.3 Å². The van der Waals surface area contributed by atoms with E-state index >= 15 is 0 Å². The van der Waals surface area contributed by atoms with Gasteiger partial charge in [-0.25, -0.2) is 0 Å². The quantitative estimate of drug-likeness (QED) is 0.331. The highest BCUT2D eigenvalue weighted by Gasteiger charge is 1.62. The fourth-order valence-corrected chi connectivity index (χ4v) is 0. The minimum absolute atomic E-state index is 0. The van der Waals surface area contributed by atoms with Crippen molar-refractivity contribution in [2.45, 2.75) is 0 Å². The first kappa shape index (κ1) is 16.7. The number of rotatable bonds is 0. The zero-order chi connectivity index (χ0) is 3.58. The molecule has 0 fully saturated rings. The monoisotopic (exact) mass is 116 g/mol. The third kappa shape index (κ3) is 357000. The highest BCUT2D eigenvalue weighted by Crippen LogP contribution is 1.44. The normalized spacial score (nSPS) is 5.83. The van der Waals surface area contributed by atoms with Gasteiger partial charge in [-0.1, -0.05) is 0 Å². The Kier molecular flexibility index (Phi) is 24.7. The molecule has 0 aromatic rings. The van der Waals surface area contributed by atoms with Gasteiger partial charge >= 0.3 is 0 Å². The average Bonchev–Trinajstić information content (AvgIpc) is 0.811. The summed E-state index contributed by atoms with van der Waals surface area (Å²) >= 11 is -2.61. The Morgan fingerprint density at radius 2 is 1.17 bits per heavy atom. The molecule has 0 atom stereocenters. The molecule has 0 unspecified atom stereocenters. The molecule has 0 rings (SSSR count). The van der Waals surface area contributed by atoms with Crippen LogP contribution < -0.4 is 12.3 Å². The van der Waals surface area contributed by atoms with Crippen molar-refractivity contribution >= 4 is 11.4 Å². The molecule has 8 N–H and O–H groups in total. The second-order valence-corrected chi connectivity index (χ2v) is 0.692. The van der Waals surface area contributed by atoms with Crippen molar-refractivity contribution in [1.29, 1.82) is 0 Å². The van der Waals surface area contributed by atoms with Gasteiger partial charge in [-0.2, -0.15) is 4.21 Å². The van der Waals surface area contributed by atoms with Crippen LogP contribution in [0.3, 0.4) is 0 Å². The van der Waals surface area contributed by atoms with Gasteiger partial charge in [0.1, 0.15) is 0 Å². The second-order valence-electron chi connectivity index (χ2n) is 0.231. The van der Waals surface area contributed by atoms with Gasteiger partial charge in [0.15, 0.2) is 0 Å². The molecule has 0 bridgehead atoms. The zero-order valence-electron chi connectivity index (χ0n) is 3.13. The Morgan fingerprint density at radius 3 is 1.17 bits per heavy atom. The Labute approximate surface area is 38.0 Å². The Hall–Kier alpha value is -0.0100. The maximum absolute atomic E-state index is 8.67. The lowest BCUT2D eigenvalue weighted by molar-refractivity contribution is 0.454. The van der Waals surface area contributed by atoms with Crippen molar-refractivity contribution in [1.82, 2.24) is 12.3 Å². The minimum Gasteiger partial charge on any atom is -0.344 e. The van der Waals surface area contributed by atoms with Crippen LogP contribution >= 0.6 is 0 Å². The van der Waals surface area contributed by atoms with Gasteiger partial charge < -0.3 is 12.3 Å². The summed E-state index contributed by atoms with van der Waals surface area (Å²) in [6.07, 6.45) is 0. The lowest BCUT2D eigenvalue weighted by Gasteiger charge is -1.59. The van der Waals surface area contributed by atoms with Crippen LogP contribution in [0.2, 0.25) is 0 Å². The van der Waals surface area contributed by atoms with E-state index in [0.29, 0.717) is 0 Å². The van der Waals surface area contributed by atoms with Crippen LogP contribution in [-0.4, -0.2) is 13.3 Å². The molecule has 0 saturated carbocycles. The molecule has 0 aliphatic heterocycles. The zero-order valence-corrected chi connectivity index (χ0v) is 3.94. The van der Waals surface area contributed by atoms with E-state index in [9.17, 15) is 0 Å². The lowest BCUT2D eigenvalue weighted by Crippen LogP contribution is -1.74. The summed E-state index contributed by atoms with van der Waals surface area (Å²) in [6, 6.07) is 0. The molecule has 0 saturated heterocycles. The topological polar surface area (TPSA) is 128 Å². The van der Waals surface area contributed by atoms with Gasteiger partial charge in [0.25, 0.3) is 11.4 Å². The molecular weight excluding hydrogens is 108 g/mol. The molecule has 0 aromatic heterocycles. The Morgan fingerprint density at radius 1 is 1.17 bits per heavy atom. The van der Waals surface area contributed by atoms with Crippen LogP contribution in [0.4, 0.5) is 0 Å². The van der Waals surface area contributed by atoms with Crippen LogP contribution in [0.1, 0.15) is 0 Å². The summed E-state index contributed by atoms with van der Waals surface area (Å²) in [5.41, 5.74) is 0. The van der Waals surface area contributed by atoms with E-state index in [1.165, 1.54) is 0 Å². The molecule has 0 aliphatic carbocycles. The summed E-state index contributed by atoms with van der Waals surface area (Å²) in [5.74, 6) is 0. The highest BCUT2D eigenvalue weighted by atomic mass is 32.2. The van der Waals surface area contributed by atoms with E-state index in [1.807, 2.05) is 0 Å². The predicted molar refractivity (Wildman–Crippen MR) is 23.4 cm³/mol. The molecule has 6 heteroatoms. The summed E-state index contributed by atoms with van der Waals surface area (Å²) in [5, 5.41) is 0. The van der Waals surface area contributed by atoms with Crippen molar-refractivity contribution in [2.75, 3.05) is 0 Å². The first-order valence-electron chi connectivity index (χ1n) is 0.532. The summed E-state index contributed by atoms with van der Waals surface area (Å²) in [6.45, 7) is 0. The van der Waals surface area contributed by atoms with Crippen LogP contribution in [0.15, 0.2) is 0 Å². The van der Waals surface area contributed by atoms with Gasteiger partial charge in [-0.05, 0) is 0 Å². The van der Waals surface area contributed by atoms with Crippen LogP contribution in [0, 0.1) is 0 Å². The third-order valence-corrected chi connectivity index (χ3v) is 0. The molecule has 0 amide bonds. The number of hydrogen-bond acceptors (Lipinski definition) is 3. The molecule has 0 aliphatic rings. The van der Waals surface area contributed by atoms with Crippen LogP contribution in [0.25, 0.3) is 0 Å². The van der Waals surface area contributed by atoms with E-state index in [4.69, 9.17) is 13.3 Å². The highest BCUT2D eigenvalue weighted by molar-refractivity contribution is 7.73. The van der Waals surface area contributed by atoms with Gasteiger partial charge in [-0.15, -0.1) is 0 Å². The fraction of sp³-hybridized carbons (Fsp3) is 0. The van der Waals surface area contributed by atoms with Crippen molar-refractivity contribution in [3.63, 3.8) is 0 Å². The van der Waals surface area contributed by atoms with E-state index < -0.39 is 11.4 Å². The molecule has 0 aromatic carbocycles. The maximum atomic E-state index is 8.67. The maximum Gasteiger partial charge on any atom is 0.299 e. The largest absolute Gasteiger partial charge is 0.344 e.